The SMILES string of the molecule is CCc1ccc(F)cc1F.CCc1ccc(F)cc1F. The van der Waals surface area contributed by atoms with Crippen LogP contribution in [0, 0.1) is 23.3 Å². The third kappa shape index (κ3) is 4.68. The van der Waals surface area contributed by atoms with Crippen LogP contribution in [-0.4, -0.2) is 0 Å². The molecule has 108 valence electrons. The van der Waals surface area contributed by atoms with E-state index in [1.54, 1.807) is 0 Å². The van der Waals surface area contributed by atoms with E-state index in [4.69, 9.17) is 0 Å². The normalized spacial score (nSPS) is 9.90. The van der Waals surface area contributed by atoms with E-state index >= 15 is 0 Å². The van der Waals surface area contributed by atoms with Crippen LogP contribution in [0.4, 0.5) is 17.6 Å². The fourth-order valence-corrected chi connectivity index (χ4v) is 1.62. The van der Waals surface area contributed by atoms with Gasteiger partial charge in [0.25, 0.3) is 0 Å². The molecule has 0 aliphatic heterocycles. The van der Waals surface area contributed by atoms with Gasteiger partial charge in [0.15, 0.2) is 0 Å². The van der Waals surface area contributed by atoms with E-state index in [0.717, 1.165) is 12.1 Å². The molecule has 0 nitrogen and oxygen atoms in total. The lowest BCUT2D eigenvalue weighted by Gasteiger charge is -1.96. The molecule has 0 aliphatic rings. The van der Waals surface area contributed by atoms with Gasteiger partial charge in [0.1, 0.15) is 23.3 Å². The van der Waals surface area contributed by atoms with Crippen LogP contribution in [-0.2, 0) is 12.8 Å². The predicted molar refractivity (Wildman–Crippen MR) is 71.5 cm³/mol. The summed E-state index contributed by atoms with van der Waals surface area (Å²) in [5.41, 5.74) is 1.11. The molecule has 2 aromatic carbocycles. The molecule has 0 N–H and O–H groups in total. The lowest BCUT2D eigenvalue weighted by Crippen LogP contribution is -1.87. The van der Waals surface area contributed by atoms with Crippen LogP contribution in [0.25, 0.3) is 0 Å². The summed E-state index contributed by atoms with van der Waals surface area (Å²) >= 11 is 0. The van der Waals surface area contributed by atoms with Crippen LogP contribution in [0.15, 0.2) is 36.4 Å². The Balaban J connectivity index is 0.000000200. The molecule has 0 aliphatic carbocycles. The van der Waals surface area contributed by atoms with Gasteiger partial charge in [-0.05, 0) is 36.1 Å². The summed E-state index contributed by atoms with van der Waals surface area (Å²) in [6.07, 6.45) is 1.21. The van der Waals surface area contributed by atoms with Gasteiger partial charge in [-0.2, -0.15) is 0 Å². The van der Waals surface area contributed by atoms with Gasteiger partial charge in [-0.25, -0.2) is 17.6 Å². The first-order chi connectivity index (χ1) is 9.47. The first-order valence-electron chi connectivity index (χ1n) is 6.35. The highest BCUT2D eigenvalue weighted by Crippen LogP contribution is 2.09. The van der Waals surface area contributed by atoms with Crippen molar-refractivity contribution in [3.05, 3.63) is 70.8 Å². The average molecular weight is 284 g/mol. The van der Waals surface area contributed by atoms with Gasteiger partial charge < -0.3 is 0 Å². The van der Waals surface area contributed by atoms with Crippen LogP contribution in [0.2, 0.25) is 0 Å². The standard InChI is InChI=1S/2C8H8F2/c2*1-2-6-3-4-7(9)5-8(6)10/h2*3-5H,2H2,1H3. The smallest absolute Gasteiger partial charge is 0.129 e. The first kappa shape index (κ1) is 16.2. The minimum atomic E-state index is -0.519. The molecule has 0 saturated heterocycles. The summed E-state index contributed by atoms with van der Waals surface area (Å²) in [7, 11) is 0. The van der Waals surface area contributed by atoms with Crippen molar-refractivity contribution in [1.29, 1.82) is 0 Å². The summed E-state index contributed by atoms with van der Waals surface area (Å²) in [6, 6.07) is 7.26. The van der Waals surface area contributed by atoms with Gasteiger partial charge in [0.05, 0.1) is 0 Å². The second-order valence-electron chi connectivity index (χ2n) is 4.18. The Hall–Kier alpha value is -1.84. The van der Waals surface area contributed by atoms with E-state index in [9.17, 15) is 17.6 Å². The van der Waals surface area contributed by atoms with E-state index in [1.165, 1.54) is 24.3 Å². The molecular formula is C16H16F4. The van der Waals surface area contributed by atoms with Crippen molar-refractivity contribution in [3.8, 4) is 0 Å². The molecule has 0 bridgehead atoms. The zero-order valence-corrected chi connectivity index (χ0v) is 11.4. The van der Waals surface area contributed by atoms with Gasteiger partial charge in [-0.15, -0.1) is 0 Å². The molecule has 0 saturated carbocycles. The Morgan fingerprint density at radius 1 is 0.650 bits per heavy atom. The third-order valence-corrected chi connectivity index (χ3v) is 2.79. The Morgan fingerprint density at radius 2 is 1.00 bits per heavy atom. The summed E-state index contributed by atoms with van der Waals surface area (Å²) in [4.78, 5) is 0. The fourth-order valence-electron chi connectivity index (χ4n) is 1.62. The molecular weight excluding hydrogens is 268 g/mol. The minimum absolute atomic E-state index is 0.456. The van der Waals surface area contributed by atoms with E-state index in [1.807, 2.05) is 13.8 Å². The maximum absolute atomic E-state index is 12.6. The van der Waals surface area contributed by atoms with Crippen LogP contribution in [0.3, 0.4) is 0 Å². The maximum Gasteiger partial charge on any atom is 0.129 e. The second kappa shape index (κ2) is 7.68. The Kier molecular flexibility index (Phi) is 6.22. The van der Waals surface area contributed by atoms with Crippen LogP contribution < -0.4 is 0 Å². The van der Waals surface area contributed by atoms with Crippen molar-refractivity contribution in [2.45, 2.75) is 26.7 Å². The summed E-state index contributed by atoms with van der Waals surface area (Å²) < 4.78 is 49.7. The van der Waals surface area contributed by atoms with E-state index < -0.39 is 23.3 Å². The van der Waals surface area contributed by atoms with Crippen molar-refractivity contribution in [2.24, 2.45) is 0 Å². The quantitative estimate of drug-likeness (QED) is 0.677. The van der Waals surface area contributed by atoms with Gasteiger partial charge >= 0.3 is 0 Å². The Bertz CT molecular complexity index is 513. The highest BCUT2D eigenvalue weighted by molar-refractivity contribution is 5.18. The molecule has 0 fully saturated rings. The number of aryl methyl sites for hydroxylation is 2. The molecule has 0 spiro atoms. The number of hydrogen-bond donors (Lipinski definition) is 0. The lowest BCUT2D eigenvalue weighted by molar-refractivity contribution is 0.573. The van der Waals surface area contributed by atoms with E-state index in [0.29, 0.717) is 24.0 Å². The Labute approximate surface area is 116 Å². The molecule has 0 atom stereocenters. The molecule has 0 radical (unpaired) electrons. The van der Waals surface area contributed by atoms with Crippen molar-refractivity contribution >= 4 is 0 Å². The first-order valence-corrected chi connectivity index (χ1v) is 6.35. The zero-order chi connectivity index (χ0) is 15.1. The van der Waals surface area contributed by atoms with Crippen LogP contribution in [0.5, 0.6) is 0 Å². The van der Waals surface area contributed by atoms with E-state index in [-0.39, 0.29) is 0 Å². The van der Waals surface area contributed by atoms with Crippen molar-refractivity contribution in [1.82, 2.24) is 0 Å². The molecule has 0 heterocycles. The van der Waals surface area contributed by atoms with Crippen molar-refractivity contribution in [2.75, 3.05) is 0 Å². The van der Waals surface area contributed by atoms with Crippen LogP contribution >= 0.6 is 0 Å². The van der Waals surface area contributed by atoms with Gasteiger partial charge in [0.2, 0.25) is 0 Å². The van der Waals surface area contributed by atoms with E-state index in [2.05, 4.69) is 0 Å². The molecule has 0 amide bonds. The topological polar surface area (TPSA) is 0 Å². The average Bonchev–Trinajstić information content (AvgIpc) is 2.40. The molecule has 20 heavy (non-hydrogen) atoms. The molecule has 2 aromatic rings. The largest absolute Gasteiger partial charge is 0.207 e. The summed E-state index contributed by atoms with van der Waals surface area (Å²) in [6.45, 7) is 3.66. The fraction of sp³-hybridized carbons (Fsp3) is 0.250. The monoisotopic (exact) mass is 284 g/mol. The van der Waals surface area contributed by atoms with Gasteiger partial charge in [-0.3, -0.25) is 0 Å². The third-order valence-electron chi connectivity index (χ3n) is 2.79. The van der Waals surface area contributed by atoms with Gasteiger partial charge in [0, 0.05) is 12.1 Å². The van der Waals surface area contributed by atoms with Crippen molar-refractivity contribution < 1.29 is 17.6 Å². The van der Waals surface area contributed by atoms with Crippen molar-refractivity contribution in [3.63, 3.8) is 0 Å². The summed E-state index contributed by atoms with van der Waals surface area (Å²) in [5, 5.41) is 0. The van der Waals surface area contributed by atoms with Gasteiger partial charge in [-0.1, -0.05) is 26.0 Å². The molecule has 2 rings (SSSR count). The zero-order valence-electron chi connectivity index (χ0n) is 11.4. The highest BCUT2D eigenvalue weighted by Gasteiger charge is 2.00. The predicted octanol–water partition coefficient (Wildman–Crippen LogP) is 5.05. The molecule has 0 aromatic heterocycles. The maximum atomic E-state index is 12.6. The lowest BCUT2D eigenvalue weighted by atomic mass is 10.1. The Morgan fingerprint density at radius 3 is 1.25 bits per heavy atom. The molecule has 0 unspecified atom stereocenters. The minimum Gasteiger partial charge on any atom is -0.207 e. The van der Waals surface area contributed by atoms with Crippen LogP contribution in [0.1, 0.15) is 25.0 Å². The number of hydrogen-bond acceptors (Lipinski definition) is 0. The number of halogens is 4. The number of rotatable bonds is 2. The number of benzene rings is 2. The molecule has 4 heteroatoms. The highest BCUT2D eigenvalue weighted by atomic mass is 19.1. The second-order valence-corrected chi connectivity index (χ2v) is 4.18. The summed E-state index contributed by atoms with van der Waals surface area (Å²) in [5.74, 6) is -1.95.